The minimum Gasteiger partial charge on any atom is -0.480 e. The number of benzene rings is 1. The predicted molar refractivity (Wildman–Crippen MR) is 111 cm³/mol. The van der Waals surface area contributed by atoms with E-state index in [1.165, 1.54) is 6.08 Å². The number of rotatable bonds is 5. The molecule has 0 saturated carbocycles. The first-order chi connectivity index (χ1) is 13.4. The molecule has 0 aliphatic heterocycles. The molecule has 2 heterocycles. The number of nitrogens with zero attached hydrogens (tertiary/aromatic N) is 3. The van der Waals surface area contributed by atoms with Crippen molar-refractivity contribution in [2.45, 2.75) is 26.8 Å². The lowest BCUT2D eigenvalue weighted by atomic mass is 10.0. The second-order valence-corrected chi connectivity index (χ2v) is 6.73. The topological polar surface area (TPSA) is 77.1 Å². The van der Waals surface area contributed by atoms with Crippen LogP contribution in [0.5, 0.6) is 0 Å². The second kappa shape index (κ2) is 7.68. The van der Waals surface area contributed by atoms with Gasteiger partial charge in [0, 0.05) is 35.8 Å². The van der Waals surface area contributed by atoms with Gasteiger partial charge in [-0.3, -0.25) is 9.59 Å². The van der Waals surface area contributed by atoms with Gasteiger partial charge in [-0.15, -0.1) is 0 Å². The largest absolute Gasteiger partial charge is 0.480 e. The molecule has 1 aromatic carbocycles. The molecular formula is C22H23N3O3. The number of allylic oxidation sites excluding steroid dienone is 1. The first-order valence-corrected chi connectivity index (χ1v) is 9.01. The molecule has 2 aromatic heterocycles. The van der Waals surface area contributed by atoms with E-state index in [1.807, 2.05) is 26.1 Å². The Morgan fingerprint density at radius 1 is 1.32 bits per heavy atom. The molecule has 6 nitrogen and oxygen atoms in total. The van der Waals surface area contributed by atoms with Crippen molar-refractivity contribution < 1.29 is 9.90 Å². The van der Waals surface area contributed by atoms with Gasteiger partial charge in [-0.25, -0.2) is 4.68 Å². The van der Waals surface area contributed by atoms with Gasteiger partial charge in [0.15, 0.2) is 0 Å². The van der Waals surface area contributed by atoms with Crippen LogP contribution in [0.3, 0.4) is 0 Å². The Labute approximate surface area is 162 Å². The predicted octanol–water partition coefficient (Wildman–Crippen LogP) is 1.49. The van der Waals surface area contributed by atoms with Crippen molar-refractivity contribution in [3.63, 3.8) is 0 Å². The van der Waals surface area contributed by atoms with Crippen molar-refractivity contribution in [1.82, 2.24) is 14.3 Å². The smallest absolute Gasteiger partial charge is 0.325 e. The summed E-state index contributed by atoms with van der Waals surface area (Å²) < 4.78 is 3.08. The number of aliphatic carboxylic acids is 1. The van der Waals surface area contributed by atoms with Gasteiger partial charge < -0.3 is 9.67 Å². The van der Waals surface area contributed by atoms with E-state index in [9.17, 15) is 9.59 Å². The summed E-state index contributed by atoms with van der Waals surface area (Å²) in [6.07, 6.45) is 7.51. The summed E-state index contributed by atoms with van der Waals surface area (Å²) in [6, 6.07) is 6.15. The summed E-state index contributed by atoms with van der Waals surface area (Å²) >= 11 is 0. The molecule has 0 unspecified atom stereocenters. The summed E-state index contributed by atoms with van der Waals surface area (Å²) in [5, 5.41) is 15.8. The number of aryl methyl sites for hydroxylation is 2. The Hall–Kier alpha value is -3.41. The monoisotopic (exact) mass is 377 g/mol. The van der Waals surface area contributed by atoms with E-state index < -0.39 is 18.1 Å². The van der Waals surface area contributed by atoms with Gasteiger partial charge in [-0.1, -0.05) is 30.9 Å². The molecule has 3 aromatic rings. The lowest BCUT2D eigenvalue weighted by molar-refractivity contribution is -0.138. The number of fused-ring (bicyclic) bond motifs is 1. The molecule has 0 atom stereocenters. The first-order valence-electron chi connectivity index (χ1n) is 9.01. The summed E-state index contributed by atoms with van der Waals surface area (Å²) in [5.41, 5.74) is 3.58. The third kappa shape index (κ3) is 3.41. The Kier molecular flexibility index (Phi) is 5.31. The van der Waals surface area contributed by atoms with Crippen LogP contribution in [0.1, 0.15) is 23.7 Å². The quantitative estimate of drug-likeness (QED) is 0.731. The fraction of sp³-hybridized carbons (Fsp3) is 0.227. The minimum absolute atomic E-state index is 0.403. The minimum atomic E-state index is -1.11. The van der Waals surface area contributed by atoms with Crippen LogP contribution in [0.4, 0.5) is 0 Å². The fourth-order valence-electron chi connectivity index (χ4n) is 3.67. The zero-order chi connectivity index (χ0) is 20.4. The van der Waals surface area contributed by atoms with Gasteiger partial charge in [0.25, 0.3) is 5.56 Å². The zero-order valence-electron chi connectivity index (χ0n) is 16.3. The third-order valence-corrected chi connectivity index (χ3v) is 4.82. The molecule has 3 rings (SSSR count). The van der Waals surface area contributed by atoms with Crippen LogP contribution >= 0.6 is 0 Å². The van der Waals surface area contributed by atoms with Crippen LogP contribution < -0.4 is 16.0 Å². The molecule has 0 amide bonds. The molecular weight excluding hydrogens is 354 g/mol. The molecule has 28 heavy (non-hydrogen) atoms. The van der Waals surface area contributed by atoms with Gasteiger partial charge in [0.05, 0.1) is 10.9 Å². The van der Waals surface area contributed by atoms with E-state index in [2.05, 4.69) is 41.5 Å². The summed E-state index contributed by atoms with van der Waals surface area (Å²) in [7, 11) is 1.99. The molecule has 144 valence electrons. The van der Waals surface area contributed by atoms with Crippen molar-refractivity contribution in [3.05, 3.63) is 74.7 Å². The Balaban J connectivity index is 2.30. The number of hydrogen-bond acceptors (Lipinski definition) is 3. The van der Waals surface area contributed by atoms with Gasteiger partial charge in [0.1, 0.15) is 6.54 Å². The number of carbonyl (C=O) groups is 1. The Morgan fingerprint density at radius 3 is 2.71 bits per heavy atom. The molecule has 6 heteroatoms. The highest BCUT2D eigenvalue weighted by Crippen LogP contribution is 2.25. The maximum absolute atomic E-state index is 12.7. The van der Waals surface area contributed by atoms with Crippen LogP contribution in [-0.2, 0) is 24.8 Å². The standard InChI is InChI=1S/C22H23N3O3/c1-5-8-17-16(6-2)18(23-25(22(17)28)13-20(26)27)11-15-12-24(4)19-10-7-9-14(3)21(15)19/h5-10,12H,1,11,13H2,2-4H3,(H,26,27)/b16-6+,17-8+. The van der Waals surface area contributed by atoms with Crippen molar-refractivity contribution in [2.75, 3.05) is 0 Å². The first kappa shape index (κ1) is 19.4. The van der Waals surface area contributed by atoms with Gasteiger partial charge >= 0.3 is 5.97 Å². The summed E-state index contributed by atoms with van der Waals surface area (Å²) in [5.74, 6) is -1.11. The molecule has 0 radical (unpaired) electrons. The van der Waals surface area contributed by atoms with Crippen LogP contribution in [0.2, 0.25) is 0 Å². The van der Waals surface area contributed by atoms with Crippen LogP contribution in [-0.4, -0.2) is 25.4 Å². The Morgan fingerprint density at radius 2 is 2.07 bits per heavy atom. The maximum atomic E-state index is 12.7. The number of carboxylic acids is 1. The van der Waals surface area contributed by atoms with E-state index in [0.717, 1.165) is 26.7 Å². The molecule has 0 aliphatic rings. The van der Waals surface area contributed by atoms with Crippen molar-refractivity contribution in [2.24, 2.45) is 7.05 Å². The van der Waals surface area contributed by atoms with Crippen LogP contribution in [0, 0.1) is 6.92 Å². The lowest BCUT2D eigenvalue weighted by Gasteiger charge is -2.08. The van der Waals surface area contributed by atoms with E-state index >= 15 is 0 Å². The zero-order valence-corrected chi connectivity index (χ0v) is 16.3. The van der Waals surface area contributed by atoms with Crippen molar-refractivity contribution in [3.8, 4) is 0 Å². The SMILES string of the molecule is C=C/C=c1/c(=O)n(CC(=O)O)nc(Cc2cn(C)c3cccc(C)c23)/c1=C/C. The second-order valence-electron chi connectivity index (χ2n) is 6.73. The average Bonchev–Trinajstić information content (AvgIpc) is 2.96. The molecule has 0 fully saturated rings. The van der Waals surface area contributed by atoms with Crippen molar-refractivity contribution >= 4 is 29.0 Å². The van der Waals surface area contributed by atoms with E-state index in [0.29, 0.717) is 22.6 Å². The molecule has 0 saturated heterocycles. The van der Waals surface area contributed by atoms with Gasteiger partial charge in [-0.2, -0.15) is 5.10 Å². The molecule has 0 aliphatic carbocycles. The van der Waals surface area contributed by atoms with Crippen LogP contribution in [0.25, 0.3) is 23.1 Å². The lowest BCUT2D eigenvalue weighted by Crippen LogP contribution is -2.49. The van der Waals surface area contributed by atoms with Gasteiger partial charge in [0.2, 0.25) is 0 Å². The number of hydrogen-bond donors (Lipinski definition) is 1. The summed E-state index contributed by atoms with van der Waals surface area (Å²) in [4.78, 5) is 23.9. The normalized spacial score (nSPS) is 12.7. The Bertz CT molecular complexity index is 1260. The molecule has 0 spiro atoms. The maximum Gasteiger partial charge on any atom is 0.325 e. The number of carboxylic acid groups (broad SMARTS) is 1. The highest BCUT2D eigenvalue weighted by Gasteiger charge is 2.14. The van der Waals surface area contributed by atoms with E-state index in [-0.39, 0.29) is 0 Å². The highest BCUT2D eigenvalue weighted by atomic mass is 16.4. The molecule has 0 bridgehead atoms. The molecule has 1 N–H and O–H groups in total. The van der Waals surface area contributed by atoms with Crippen LogP contribution in [0.15, 0.2) is 41.8 Å². The third-order valence-electron chi connectivity index (χ3n) is 4.82. The fourth-order valence-corrected chi connectivity index (χ4v) is 3.67. The van der Waals surface area contributed by atoms with Crippen molar-refractivity contribution in [1.29, 1.82) is 0 Å². The van der Waals surface area contributed by atoms with E-state index in [1.54, 1.807) is 6.08 Å². The van der Waals surface area contributed by atoms with Gasteiger partial charge in [-0.05, 0) is 37.1 Å². The highest BCUT2D eigenvalue weighted by molar-refractivity contribution is 5.87. The summed E-state index contributed by atoms with van der Waals surface area (Å²) in [6.45, 7) is 7.10. The van der Waals surface area contributed by atoms with E-state index in [4.69, 9.17) is 5.11 Å². The average molecular weight is 377 g/mol. The number of aromatic nitrogens is 3.